The topological polar surface area (TPSA) is 25.8 Å². The van der Waals surface area contributed by atoms with Crippen LogP contribution in [0.5, 0.6) is 0 Å². The zero-order valence-electron chi connectivity index (χ0n) is 6.85. The maximum absolute atomic E-state index is 5.06. The molecule has 0 aromatic carbocycles. The van der Waals surface area contributed by atoms with Crippen LogP contribution in [0.2, 0.25) is 0 Å². The number of aryl methyl sites for hydroxylation is 1. The second-order valence-electron chi connectivity index (χ2n) is 2.48. The van der Waals surface area contributed by atoms with Gasteiger partial charge in [0.15, 0.2) is 0 Å². The van der Waals surface area contributed by atoms with Gasteiger partial charge >= 0.3 is 0 Å². The van der Waals surface area contributed by atoms with Crippen LogP contribution in [0, 0.1) is 10.7 Å². The standard InChI is InChI=1S/C8H6N2S3/c1-5-8(10-3-2-9-5)6-4-7(11)13-12-6/h2-4H,1H3. The van der Waals surface area contributed by atoms with Crippen LogP contribution < -0.4 is 0 Å². The first kappa shape index (κ1) is 8.93. The fraction of sp³-hybridized carbons (Fsp3) is 0.125. The second-order valence-corrected chi connectivity index (χ2v) is 5.40. The predicted molar refractivity (Wildman–Crippen MR) is 58.8 cm³/mol. The fourth-order valence-electron chi connectivity index (χ4n) is 0.998. The highest BCUT2D eigenvalue weighted by Gasteiger charge is 2.05. The molecule has 0 bridgehead atoms. The first-order chi connectivity index (χ1) is 6.27. The van der Waals surface area contributed by atoms with Crippen molar-refractivity contribution in [2.45, 2.75) is 6.92 Å². The van der Waals surface area contributed by atoms with Crippen LogP contribution in [-0.4, -0.2) is 9.97 Å². The van der Waals surface area contributed by atoms with E-state index in [1.165, 1.54) is 0 Å². The quantitative estimate of drug-likeness (QED) is 0.551. The van der Waals surface area contributed by atoms with Gasteiger partial charge in [-0.2, -0.15) is 0 Å². The van der Waals surface area contributed by atoms with Gasteiger partial charge in [0.2, 0.25) is 0 Å². The summed E-state index contributed by atoms with van der Waals surface area (Å²) in [6.45, 7) is 1.95. The van der Waals surface area contributed by atoms with Crippen molar-refractivity contribution in [3.05, 3.63) is 28.0 Å². The van der Waals surface area contributed by atoms with Gasteiger partial charge in [-0.25, -0.2) is 0 Å². The molecule has 0 aliphatic rings. The molecule has 0 aliphatic carbocycles. The van der Waals surface area contributed by atoms with Crippen LogP contribution in [0.1, 0.15) is 5.69 Å². The van der Waals surface area contributed by atoms with E-state index >= 15 is 0 Å². The number of rotatable bonds is 1. The van der Waals surface area contributed by atoms with Crippen LogP contribution in [0.15, 0.2) is 18.5 Å². The van der Waals surface area contributed by atoms with E-state index in [4.69, 9.17) is 12.2 Å². The molecule has 2 rings (SSSR count). The van der Waals surface area contributed by atoms with E-state index in [1.54, 1.807) is 33.1 Å². The number of hydrogen-bond donors (Lipinski definition) is 0. The van der Waals surface area contributed by atoms with Gasteiger partial charge in [-0.05, 0) is 13.0 Å². The SMILES string of the molecule is Cc1nccnc1-c1cc(=S)ss1. The molecule has 2 aromatic heterocycles. The van der Waals surface area contributed by atoms with Gasteiger partial charge in [0.25, 0.3) is 0 Å². The lowest BCUT2D eigenvalue weighted by molar-refractivity contribution is 1.13. The van der Waals surface area contributed by atoms with Crippen molar-refractivity contribution < 1.29 is 0 Å². The summed E-state index contributed by atoms with van der Waals surface area (Å²) in [4.78, 5) is 9.56. The maximum Gasteiger partial charge on any atom is 0.102 e. The summed E-state index contributed by atoms with van der Waals surface area (Å²) < 4.78 is 0.907. The third-order valence-corrected chi connectivity index (χ3v) is 4.45. The van der Waals surface area contributed by atoms with Crippen molar-refractivity contribution in [3.63, 3.8) is 0 Å². The lowest BCUT2D eigenvalue weighted by Gasteiger charge is -1.97. The molecule has 0 atom stereocenters. The van der Waals surface area contributed by atoms with Crippen molar-refractivity contribution in [1.29, 1.82) is 0 Å². The van der Waals surface area contributed by atoms with E-state index in [-0.39, 0.29) is 0 Å². The van der Waals surface area contributed by atoms with Gasteiger partial charge in [-0.3, -0.25) is 9.97 Å². The minimum absolute atomic E-state index is 0.907. The number of aromatic nitrogens is 2. The van der Waals surface area contributed by atoms with Crippen molar-refractivity contribution in [2.75, 3.05) is 0 Å². The summed E-state index contributed by atoms with van der Waals surface area (Å²) in [5, 5.41) is 0. The summed E-state index contributed by atoms with van der Waals surface area (Å²) in [6.07, 6.45) is 3.40. The van der Waals surface area contributed by atoms with Crippen LogP contribution in [-0.2, 0) is 0 Å². The summed E-state index contributed by atoms with van der Waals surface area (Å²) in [7, 11) is 3.25. The fourth-order valence-corrected chi connectivity index (χ4v) is 3.40. The molecular weight excluding hydrogens is 220 g/mol. The smallest absolute Gasteiger partial charge is 0.102 e. The zero-order chi connectivity index (χ0) is 9.26. The van der Waals surface area contributed by atoms with Gasteiger partial charge < -0.3 is 0 Å². The van der Waals surface area contributed by atoms with Crippen molar-refractivity contribution in [2.24, 2.45) is 0 Å². The molecule has 0 aliphatic heterocycles. The molecule has 0 unspecified atom stereocenters. The van der Waals surface area contributed by atoms with Crippen LogP contribution in [0.3, 0.4) is 0 Å². The minimum Gasteiger partial charge on any atom is -0.258 e. The van der Waals surface area contributed by atoms with E-state index in [0.717, 1.165) is 20.1 Å². The van der Waals surface area contributed by atoms with Gasteiger partial charge in [0, 0.05) is 12.4 Å². The van der Waals surface area contributed by atoms with Crippen molar-refractivity contribution >= 4 is 32.9 Å². The van der Waals surface area contributed by atoms with E-state index < -0.39 is 0 Å². The van der Waals surface area contributed by atoms with Crippen molar-refractivity contribution in [3.8, 4) is 10.6 Å². The third-order valence-electron chi connectivity index (χ3n) is 1.58. The summed E-state index contributed by atoms with van der Waals surface area (Å²) >= 11 is 5.06. The average molecular weight is 226 g/mol. The lowest BCUT2D eigenvalue weighted by atomic mass is 10.3. The van der Waals surface area contributed by atoms with E-state index in [9.17, 15) is 0 Å². The molecule has 0 amide bonds. The molecule has 0 N–H and O–H groups in total. The molecular formula is C8H6N2S3. The molecule has 0 saturated heterocycles. The van der Waals surface area contributed by atoms with Crippen LogP contribution in [0.25, 0.3) is 10.6 Å². The van der Waals surface area contributed by atoms with Crippen LogP contribution >= 0.6 is 32.9 Å². The van der Waals surface area contributed by atoms with E-state index in [0.29, 0.717) is 0 Å². The predicted octanol–water partition coefficient (Wildman–Crippen LogP) is 3.30. The third kappa shape index (κ3) is 1.82. The number of hydrogen-bond acceptors (Lipinski definition) is 5. The molecule has 2 heterocycles. The van der Waals surface area contributed by atoms with Gasteiger partial charge in [-0.15, -0.1) is 0 Å². The minimum atomic E-state index is 0.907. The molecule has 0 saturated carbocycles. The summed E-state index contributed by atoms with van der Waals surface area (Å²) in [5.74, 6) is 0. The Morgan fingerprint density at radius 2 is 2.00 bits per heavy atom. The van der Waals surface area contributed by atoms with Gasteiger partial charge in [0.1, 0.15) is 9.52 Å². The highest BCUT2D eigenvalue weighted by Crippen LogP contribution is 2.28. The monoisotopic (exact) mass is 226 g/mol. The number of nitrogens with zero attached hydrogens (tertiary/aromatic N) is 2. The van der Waals surface area contributed by atoms with Crippen LogP contribution in [0.4, 0.5) is 0 Å². The normalized spacial score (nSPS) is 10.2. The van der Waals surface area contributed by atoms with Gasteiger partial charge in [0.05, 0.1) is 10.6 Å². The first-order valence-electron chi connectivity index (χ1n) is 3.65. The Bertz CT molecular complexity index is 472. The molecule has 66 valence electrons. The Morgan fingerprint density at radius 3 is 2.62 bits per heavy atom. The largest absolute Gasteiger partial charge is 0.258 e. The van der Waals surface area contributed by atoms with Crippen molar-refractivity contribution in [1.82, 2.24) is 9.97 Å². The molecule has 5 heteroatoms. The summed E-state index contributed by atoms with van der Waals surface area (Å²) in [6, 6.07) is 1.97. The van der Waals surface area contributed by atoms with Gasteiger partial charge in [-0.1, -0.05) is 32.9 Å². The zero-order valence-corrected chi connectivity index (χ0v) is 9.30. The molecule has 0 fully saturated rings. The second kappa shape index (κ2) is 3.61. The Morgan fingerprint density at radius 1 is 1.23 bits per heavy atom. The molecule has 13 heavy (non-hydrogen) atoms. The van der Waals surface area contributed by atoms with E-state index in [1.807, 2.05) is 13.0 Å². The lowest BCUT2D eigenvalue weighted by Crippen LogP contribution is -1.87. The highest BCUT2D eigenvalue weighted by atomic mass is 32.9. The molecule has 2 aromatic rings. The first-order valence-corrected chi connectivity index (χ1v) is 6.21. The summed E-state index contributed by atoms with van der Waals surface area (Å²) in [5.41, 5.74) is 1.89. The molecule has 0 spiro atoms. The Balaban J connectivity index is 2.58. The Kier molecular flexibility index (Phi) is 2.48. The highest BCUT2D eigenvalue weighted by molar-refractivity contribution is 7.80. The Hall–Kier alpha value is -0.650. The molecule has 0 radical (unpaired) electrons. The average Bonchev–Trinajstić information content (AvgIpc) is 2.53. The Labute approximate surface area is 88.3 Å². The molecule has 2 nitrogen and oxygen atoms in total. The maximum atomic E-state index is 5.06. The van der Waals surface area contributed by atoms with E-state index in [2.05, 4.69) is 9.97 Å².